The van der Waals surface area contributed by atoms with Gasteiger partial charge in [-0.1, -0.05) is 36.4 Å². The summed E-state index contributed by atoms with van der Waals surface area (Å²) >= 11 is 0. The third-order valence-corrected chi connectivity index (χ3v) is 5.73. The molecule has 0 unspecified atom stereocenters. The molecule has 0 spiro atoms. The van der Waals surface area contributed by atoms with Crippen LogP contribution in [-0.2, 0) is 4.79 Å². The molecule has 2 fully saturated rings. The number of hydrogen-bond donors (Lipinski definition) is 1. The Bertz CT molecular complexity index is 739. The summed E-state index contributed by atoms with van der Waals surface area (Å²) in [5, 5.41) is 12.2. The molecule has 4 nitrogen and oxygen atoms in total. The molecule has 0 aromatic heterocycles. The summed E-state index contributed by atoms with van der Waals surface area (Å²) in [4.78, 5) is 17.1. The van der Waals surface area contributed by atoms with Crippen LogP contribution in [0.25, 0.3) is 10.8 Å². The zero-order chi connectivity index (χ0) is 17.2. The van der Waals surface area contributed by atoms with Crippen molar-refractivity contribution in [3.63, 3.8) is 0 Å². The standard InChI is InChI=1S/C21H26N2O2/c24-18-10-14-23(15-11-18)21(25)17-8-12-22(13-9-17)20-7-3-5-16-4-1-2-6-19(16)20/h1-7,17-18,24H,8-15H2. The normalized spacial score (nSPS) is 20.2. The van der Waals surface area contributed by atoms with Crippen LogP contribution >= 0.6 is 0 Å². The zero-order valence-electron chi connectivity index (χ0n) is 14.6. The number of fused-ring (bicyclic) bond motifs is 1. The van der Waals surface area contributed by atoms with Crippen LogP contribution in [0.5, 0.6) is 0 Å². The van der Waals surface area contributed by atoms with Gasteiger partial charge in [0, 0.05) is 43.2 Å². The summed E-state index contributed by atoms with van der Waals surface area (Å²) in [5.74, 6) is 0.436. The van der Waals surface area contributed by atoms with Gasteiger partial charge in [-0.15, -0.1) is 0 Å². The van der Waals surface area contributed by atoms with Crippen LogP contribution < -0.4 is 4.90 Å². The molecule has 2 aromatic carbocycles. The molecule has 4 heteroatoms. The molecule has 0 saturated carbocycles. The quantitative estimate of drug-likeness (QED) is 0.915. The summed E-state index contributed by atoms with van der Waals surface area (Å²) in [6.07, 6.45) is 3.06. The van der Waals surface area contributed by atoms with Gasteiger partial charge in [0.1, 0.15) is 0 Å². The monoisotopic (exact) mass is 338 g/mol. The molecule has 2 heterocycles. The molecule has 132 valence electrons. The number of hydrogen-bond acceptors (Lipinski definition) is 3. The lowest BCUT2D eigenvalue weighted by Crippen LogP contribution is -2.46. The fourth-order valence-electron chi connectivity index (χ4n) is 4.20. The van der Waals surface area contributed by atoms with Crippen LogP contribution in [0.1, 0.15) is 25.7 Å². The van der Waals surface area contributed by atoms with Crippen LogP contribution in [0.3, 0.4) is 0 Å². The van der Waals surface area contributed by atoms with Gasteiger partial charge in [0.15, 0.2) is 0 Å². The lowest BCUT2D eigenvalue weighted by molar-refractivity contribution is -0.138. The van der Waals surface area contributed by atoms with Crippen molar-refractivity contribution in [2.45, 2.75) is 31.8 Å². The molecule has 2 aliphatic heterocycles. The van der Waals surface area contributed by atoms with Gasteiger partial charge in [-0.3, -0.25) is 4.79 Å². The minimum Gasteiger partial charge on any atom is -0.393 e. The highest BCUT2D eigenvalue weighted by atomic mass is 16.3. The van der Waals surface area contributed by atoms with Crippen molar-refractivity contribution in [3.05, 3.63) is 42.5 Å². The average molecular weight is 338 g/mol. The predicted molar refractivity (Wildman–Crippen MR) is 101 cm³/mol. The summed E-state index contributed by atoms with van der Waals surface area (Å²) in [5.41, 5.74) is 1.28. The van der Waals surface area contributed by atoms with E-state index in [1.807, 2.05) is 4.90 Å². The number of piperidine rings is 2. The number of likely N-dealkylation sites (tertiary alicyclic amines) is 1. The van der Waals surface area contributed by atoms with E-state index in [4.69, 9.17) is 0 Å². The maximum absolute atomic E-state index is 12.7. The summed E-state index contributed by atoms with van der Waals surface area (Å²) in [6.45, 7) is 3.29. The van der Waals surface area contributed by atoms with Crippen LogP contribution in [-0.4, -0.2) is 48.2 Å². The van der Waals surface area contributed by atoms with E-state index < -0.39 is 0 Å². The first-order valence-electron chi connectivity index (χ1n) is 9.42. The lowest BCUT2D eigenvalue weighted by atomic mass is 9.93. The molecular formula is C21H26N2O2. The first-order chi connectivity index (χ1) is 12.2. The number of carbonyl (C=O) groups is 1. The molecule has 2 aliphatic rings. The molecule has 0 radical (unpaired) electrons. The number of benzene rings is 2. The van der Waals surface area contributed by atoms with E-state index in [9.17, 15) is 9.90 Å². The second kappa shape index (κ2) is 7.04. The van der Waals surface area contributed by atoms with Crippen molar-refractivity contribution in [3.8, 4) is 0 Å². The molecular weight excluding hydrogens is 312 g/mol. The molecule has 1 N–H and O–H groups in total. The SMILES string of the molecule is O=C(C1CCN(c2cccc3ccccc23)CC1)N1CCC(O)CC1. The Hall–Kier alpha value is -2.07. The smallest absolute Gasteiger partial charge is 0.225 e. The minimum absolute atomic E-state index is 0.140. The van der Waals surface area contributed by atoms with Gasteiger partial charge in [0.05, 0.1) is 6.10 Å². The van der Waals surface area contributed by atoms with Gasteiger partial charge in [0.25, 0.3) is 0 Å². The van der Waals surface area contributed by atoms with Crippen molar-refractivity contribution in [2.75, 3.05) is 31.1 Å². The highest BCUT2D eigenvalue weighted by Crippen LogP contribution is 2.31. The van der Waals surface area contributed by atoms with Gasteiger partial charge in [-0.25, -0.2) is 0 Å². The highest BCUT2D eigenvalue weighted by molar-refractivity contribution is 5.94. The second-order valence-electron chi connectivity index (χ2n) is 7.32. The molecule has 2 saturated heterocycles. The van der Waals surface area contributed by atoms with Crippen LogP contribution in [0.2, 0.25) is 0 Å². The molecule has 4 rings (SSSR count). The number of aliphatic hydroxyl groups excluding tert-OH is 1. The number of amides is 1. The summed E-state index contributed by atoms with van der Waals surface area (Å²) < 4.78 is 0. The molecule has 1 amide bonds. The molecule has 25 heavy (non-hydrogen) atoms. The van der Waals surface area contributed by atoms with E-state index >= 15 is 0 Å². The molecule has 2 aromatic rings. The lowest BCUT2D eigenvalue weighted by Gasteiger charge is -2.37. The number of carbonyl (C=O) groups excluding carboxylic acids is 1. The van der Waals surface area contributed by atoms with E-state index in [0.29, 0.717) is 19.0 Å². The number of nitrogens with zero attached hydrogens (tertiary/aromatic N) is 2. The van der Waals surface area contributed by atoms with Crippen LogP contribution in [0, 0.1) is 5.92 Å². The largest absolute Gasteiger partial charge is 0.393 e. The van der Waals surface area contributed by atoms with Crippen molar-refractivity contribution in [1.82, 2.24) is 4.90 Å². The van der Waals surface area contributed by atoms with E-state index in [0.717, 1.165) is 38.8 Å². The Labute approximate surface area is 149 Å². The maximum Gasteiger partial charge on any atom is 0.225 e. The number of anilines is 1. The minimum atomic E-state index is -0.225. The Morgan fingerprint density at radius 2 is 1.56 bits per heavy atom. The molecule has 0 aliphatic carbocycles. The Morgan fingerprint density at radius 3 is 2.32 bits per heavy atom. The topological polar surface area (TPSA) is 43.8 Å². The Balaban J connectivity index is 1.42. The third-order valence-electron chi connectivity index (χ3n) is 5.73. The zero-order valence-corrected chi connectivity index (χ0v) is 14.6. The fourth-order valence-corrected chi connectivity index (χ4v) is 4.20. The van der Waals surface area contributed by atoms with Crippen molar-refractivity contribution >= 4 is 22.4 Å². The van der Waals surface area contributed by atoms with E-state index in [1.54, 1.807) is 0 Å². The average Bonchev–Trinajstić information content (AvgIpc) is 2.68. The van der Waals surface area contributed by atoms with Gasteiger partial charge in [0.2, 0.25) is 5.91 Å². The number of aliphatic hydroxyl groups is 1. The molecule has 0 bridgehead atoms. The van der Waals surface area contributed by atoms with Gasteiger partial charge in [-0.2, -0.15) is 0 Å². The van der Waals surface area contributed by atoms with Crippen molar-refractivity contribution < 1.29 is 9.90 Å². The van der Waals surface area contributed by atoms with Gasteiger partial charge < -0.3 is 14.9 Å². The fraction of sp³-hybridized carbons (Fsp3) is 0.476. The van der Waals surface area contributed by atoms with Gasteiger partial charge >= 0.3 is 0 Å². The number of rotatable bonds is 2. The predicted octanol–water partition coefficient (Wildman–Crippen LogP) is 3.04. The summed E-state index contributed by atoms with van der Waals surface area (Å²) in [7, 11) is 0. The van der Waals surface area contributed by atoms with E-state index in [1.165, 1.54) is 16.5 Å². The first-order valence-corrected chi connectivity index (χ1v) is 9.42. The van der Waals surface area contributed by atoms with Crippen molar-refractivity contribution in [1.29, 1.82) is 0 Å². The second-order valence-corrected chi connectivity index (χ2v) is 7.32. The van der Waals surface area contributed by atoms with E-state index in [2.05, 4.69) is 47.4 Å². The maximum atomic E-state index is 12.7. The van der Waals surface area contributed by atoms with Crippen LogP contribution in [0.4, 0.5) is 5.69 Å². The summed E-state index contributed by atoms with van der Waals surface area (Å²) in [6, 6.07) is 15.0. The third kappa shape index (κ3) is 3.36. The van der Waals surface area contributed by atoms with Gasteiger partial charge in [-0.05, 0) is 37.1 Å². The molecule has 0 atom stereocenters. The Kier molecular flexibility index (Phi) is 4.62. The first kappa shape index (κ1) is 16.4. The highest BCUT2D eigenvalue weighted by Gasteiger charge is 2.30. The van der Waals surface area contributed by atoms with E-state index in [-0.39, 0.29) is 12.0 Å². The Morgan fingerprint density at radius 1 is 0.880 bits per heavy atom. The van der Waals surface area contributed by atoms with Crippen LogP contribution in [0.15, 0.2) is 42.5 Å². The van der Waals surface area contributed by atoms with Crippen molar-refractivity contribution in [2.24, 2.45) is 5.92 Å².